The Bertz CT molecular complexity index is 890. The fraction of sp³-hybridized carbons (Fsp3) is 0.200. The number of hydrazone groups is 1. The molecular weight excluding hydrogens is 344 g/mol. The summed E-state index contributed by atoms with van der Waals surface area (Å²) in [6, 6.07) is 14.1. The van der Waals surface area contributed by atoms with Crippen molar-refractivity contribution in [3.63, 3.8) is 0 Å². The fourth-order valence-corrected chi connectivity index (χ4v) is 2.39. The monoisotopic (exact) mass is 366 g/mol. The summed E-state index contributed by atoms with van der Waals surface area (Å²) < 4.78 is 0. The van der Waals surface area contributed by atoms with E-state index >= 15 is 0 Å². The molecule has 0 aliphatic carbocycles. The lowest BCUT2D eigenvalue weighted by Gasteiger charge is -2.11. The van der Waals surface area contributed by atoms with Gasteiger partial charge in [0, 0.05) is 18.2 Å². The van der Waals surface area contributed by atoms with Gasteiger partial charge in [-0.3, -0.25) is 14.4 Å². The lowest BCUT2D eigenvalue weighted by Crippen LogP contribution is -2.22. The number of amides is 3. The van der Waals surface area contributed by atoms with Crippen LogP contribution in [0.5, 0.6) is 0 Å². The minimum Gasteiger partial charge on any atom is -0.325 e. The van der Waals surface area contributed by atoms with E-state index in [2.05, 4.69) is 21.2 Å². The van der Waals surface area contributed by atoms with Crippen LogP contribution in [0.15, 0.2) is 53.6 Å². The molecule has 7 heteroatoms. The molecule has 0 unspecified atom stereocenters. The molecule has 7 nitrogen and oxygen atoms in total. The van der Waals surface area contributed by atoms with Gasteiger partial charge in [-0.05, 0) is 37.6 Å². The van der Waals surface area contributed by atoms with Crippen LogP contribution in [0, 0.1) is 6.92 Å². The van der Waals surface area contributed by atoms with Gasteiger partial charge in [-0.15, -0.1) is 0 Å². The predicted octanol–water partition coefficient (Wildman–Crippen LogP) is 3.09. The van der Waals surface area contributed by atoms with Gasteiger partial charge in [0.25, 0.3) is 5.91 Å². The van der Waals surface area contributed by atoms with Crippen LogP contribution in [-0.4, -0.2) is 23.4 Å². The van der Waals surface area contributed by atoms with E-state index in [0.717, 1.165) is 5.56 Å². The third-order valence-corrected chi connectivity index (χ3v) is 3.67. The van der Waals surface area contributed by atoms with Crippen LogP contribution in [0.25, 0.3) is 0 Å². The molecule has 0 saturated carbocycles. The van der Waals surface area contributed by atoms with Crippen LogP contribution in [0.2, 0.25) is 0 Å². The van der Waals surface area contributed by atoms with Gasteiger partial charge < -0.3 is 10.6 Å². The molecule has 0 spiro atoms. The van der Waals surface area contributed by atoms with E-state index in [0.29, 0.717) is 22.6 Å². The number of carbonyl (C=O) groups is 3. The maximum absolute atomic E-state index is 12.2. The number of aryl methyl sites for hydroxylation is 1. The largest absolute Gasteiger partial charge is 0.325 e. The molecule has 0 atom stereocenters. The average Bonchev–Trinajstić information content (AvgIpc) is 2.61. The molecule has 0 saturated heterocycles. The number of para-hydroxylation sites is 2. The van der Waals surface area contributed by atoms with Crippen molar-refractivity contribution in [1.29, 1.82) is 0 Å². The van der Waals surface area contributed by atoms with Crippen molar-refractivity contribution >= 4 is 34.8 Å². The Morgan fingerprint density at radius 1 is 0.889 bits per heavy atom. The molecule has 140 valence electrons. The van der Waals surface area contributed by atoms with Crippen molar-refractivity contribution in [2.45, 2.75) is 27.2 Å². The molecule has 0 aliphatic heterocycles. The van der Waals surface area contributed by atoms with Crippen molar-refractivity contribution < 1.29 is 14.4 Å². The van der Waals surface area contributed by atoms with Gasteiger partial charge in [-0.2, -0.15) is 5.10 Å². The Balaban J connectivity index is 1.96. The molecule has 2 aromatic rings. The summed E-state index contributed by atoms with van der Waals surface area (Å²) in [5.74, 6) is -0.864. The molecule has 0 bridgehead atoms. The van der Waals surface area contributed by atoms with E-state index < -0.39 is 0 Å². The zero-order chi connectivity index (χ0) is 19.8. The quantitative estimate of drug-likeness (QED) is 0.541. The predicted molar refractivity (Wildman–Crippen MR) is 106 cm³/mol. The maximum Gasteiger partial charge on any atom is 0.271 e. The average molecular weight is 366 g/mol. The van der Waals surface area contributed by atoms with E-state index in [9.17, 15) is 14.4 Å². The molecule has 0 fully saturated rings. The van der Waals surface area contributed by atoms with E-state index in [4.69, 9.17) is 0 Å². The molecule has 0 aromatic heterocycles. The van der Waals surface area contributed by atoms with Gasteiger partial charge in [0.15, 0.2) is 0 Å². The second-order valence-corrected chi connectivity index (χ2v) is 6.05. The summed E-state index contributed by atoms with van der Waals surface area (Å²) >= 11 is 0. The first-order valence-electron chi connectivity index (χ1n) is 8.42. The molecule has 2 aromatic carbocycles. The van der Waals surface area contributed by atoms with Crippen molar-refractivity contribution in [3.8, 4) is 0 Å². The van der Waals surface area contributed by atoms with Crippen LogP contribution >= 0.6 is 0 Å². The number of hydrogen-bond donors (Lipinski definition) is 3. The summed E-state index contributed by atoms with van der Waals surface area (Å²) in [4.78, 5) is 35.6. The van der Waals surface area contributed by atoms with Gasteiger partial charge in [0.2, 0.25) is 11.8 Å². The van der Waals surface area contributed by atoms with Crippen LogP contribution in [0.1, 0.15) is 36.2 Å². The Morgan fingerprint density at radius 2 is 1.48 bits per heavy atom. The van der Waals surface area contributed by atoms with Crippen LogP contribution in [-0.2, 0) is 9.59 Å². The smallest absolute Gasteiger partial charge is 0.271 e. The summed E-state index contributed by atoms with van der Waals surface area (Å²) in [5, 5.41) is 9.36. The van der Waals surface area contributed by atoms with Crippen LogP contribution in [0.3, 0.4) is 0 Å². The van der Waals surface area contributed by atoms with E-state index in [1.165, 1.54) is 6.92 Å². The van der Waals surface area contributed by atoms with E-state index in [-0.39, 0.29) is 24.1 Å². The molecule has 3 N–H and O–H groups in total. The highest BCUT2D eigenvalue weighted by Crippen LogP contribution is 2.21. The molecule has 0 aliphatic rings. The van der Waals surface area contributed by atoms with Crippen molar-refractivity contribution in [2.75, 3.05) is 10.6 Å². The number of anilines is 2. The number of hydrogen-bond acceptors (Lipinski definition) is 4. The standard InChI is InChI=1S/C20H22N4O3/c1-13-8-4-5-9-16(13)20(27)24-23-14(2)12-19(26)22-18-11-7-6-10-17(18)21-15(3)25/h4-11H,12H2,1-3H3,(H,21,25)(H,22,26)(H,24,27). The summed E-state index contributed by atoms with van der Waals surface area (Å²) in [6.45, 7) is 4.88. The Labute approximate surface area is 157 Å². The number of benzene rings is 2. The fourth-order valence-electron chi connectivity index (χ4n) is 2.39. The SMILES string of the molecule is CC(=O)Nc1ccccc1NC(=O)CC(C)=NNC(=O)c1ccccc1C. The normalized spacial score (nSPS) is 10.9. The van der Waals surface area contributed by atoms with Gasteiger partial charge in [0.05, 0.1) is 17.8 Å². The summed E-state index contributed by atoms with van der Waals surface area (Å²) in [7, 11) is 0. The lowest BCUT2D eigenvalue weighted by molar-refractivity contribution is -0.115. The van der Waals surface area contributed by atoms with E-state index in [1.54, 1.807) is 43.3 Å². The second kappa shape index (κ2) is 9.28. The minimum absolute atomic E-state index is 0.00244. The number of carbonyl (C=O) groups excluding carboxylic acids is 3. The summed E-state index contributed by atoms with van der Waals surface area (Å²) in [5.41, 5.74) is 5.29. The van der Waals surface area contributed by atoms with Crippen LogP contribution in [0.4, 0.5) is 11.4 Å². The number of rotatable bonds is 6. The molecule has 27 heavy (non-hydrogen) atoms. The van der Waals surface area contributed by atoms with E-state index in [1.807, 2.05) is 19.1 Å². The first kappa shape index (κ1) is 19.8. The topological polar surface area (TPSA) is 99.7 Å². The Morgan fingerprint density at radius 3 is 2.11 bits per heavy atom. The van der Waals surface area contributed by atoms with Gasteiger partial charge in [-0.25, -0.2) is 5.43 Å². The molecule has 0 radical (unpaired) electrons. The van der Waals surface area contributed by atoms with Gasteiger partial charge in [0.1, 0.15) is 0 Å². The Kier molecular flexibility index (Phi) is 6.82. The third-order valence-electron chi connectivity index (χ3n) is 3.67. The first-order chi connectivity index (χ1) is 12.9. The highest BCUT2D eigenvalue weighted by Gasteiger charge is 2.10. The molecular formula is C20H22N4O3. The van der Waals surface area contributed by atoms with Gasteiger partial charge in [-0.1, -0.05) is 30.3 Å². The number of nitrogens with zero attached hydrogens (tertiary/aromatic N) is 1. The van der Waals surface area contributed by atoms with Crippen molar-refractivity contribution in [3.05, 3.63) is 59.7 Å². The molecule has 2 rings (SSSR count). The van der Waals surface area contributed by atoms with Gasteiger partial charge >= 0.3 is 0 Å². The molecule has 3 amide bonds. The molecule has 0 heterocycles. The van der Waals surface area contributed by atoms with Crippen molar-refractivity contribution in [2.24, 2.45) is 5.10 Å². The highest BCUT2D eigenvalue weighted by atomic mass is 16.2. The summed E-state index contributed by atoms with van der Waals surface area (Å²) in [6.07, 6.45) is 0.00244. The zero-order valence-corrected chi connectivity index (χ0v) is 15.5. The van der Waals surface area contributed by atoms with Crippen LogP contribution < -0.4 is 16.1 Å². The lowest BCUT2D eigenvalue weighted by atomic mass is 10.1. The first-order valence-corrected chi connectivity index (χ1v) is 8.42. The third kappa shape index (κ3) is 6.07. The Hall–Kier alpha value is -3.48. The minimum atomic E-state index is -0.330. The number of nitrogens with one attached hydrogen (secondary N) is 3. The zero-order valence-electron chi connectivity index (χ0n) is 15.5. The maximum atomic E-state index is 12.2. The second-order valence-electron chi connectivity index (χ2n) is 6.05. The highest BCUT2D eigenvalue weighted by molar-refractivity contribution is 6.08. The van der Waals surface area contributed by atoms with Crippen molar-refractivity contribution in [1.82, 2.24) is 5.43 Å².